The van der Waals surface area contributed by atoms with Crippen molar-refractivity contribution in [3.8, 4) is 0 Å². The average Bonchev–Trinajstić information content (AvgIpc) is 3.06. The Bertz CT molecular complexity index is 669. The van der Waals surface area contributed by atoms with E-state index in [1.807, 2.05) is 0 Å². The van der Waals surface area contributed by atoms with Crippen LogP contribution in [-0.4, -0.2) is 56.9 Å². The highest BCUT2D eigenvalue weighted by atomic mass is 16.6. The van der Waals surface area contributed by atoms with Crippen molar-refractivity contribution in [2.75, 3.05) is 18.4 Å². The molecule has 7 nitrogen and oxygen atoms in total. The molecule has 1 aromatic rings. The van der Waals surface area contributed by atoms with Crippen LogP contribution in [0, 0.1) is 17.8 Å². The summed E-state index contributed by atoms with van der Waals surface area (Å²) in [4.78, 5) is 22.9. The van der Waals surface area contributed by atoms with E-state index in [1.165, 1.54) is 0 Å². The van der Waals surface area contributed by atoms with Crippen LogP contribution in [0.25, 0.3) is 0 Å². The van der Waals surface area contributed by atoms with Crippen LogP contribution in [0.2, 0.25) is 0 Å². The number of likely N-dealkylation sites (tertiary alicyclic amines) is 1. The topological polar surface area (TPSA) is 87.6 Å². The zero-order valence-corrected chi connectivity index (χ0v) is 14.9. The van der Waals surface area contributed by atoms with E-state index in [9.17, 15) is 9.90 Å². The molecule has 1 aromatic heterocycles. The number of nitrogens with one attached hydrogen (secondary N) is 1. The Morgan fingerprint density at radius 2 is 1.96 bits per heavy atom. The summed E-state index contributed by atoms with van der Waals surface area (Å²) in [6, 6.07) is 1.94. The van der Waals surface area contributed by atoms with E-state index in [1.54, 1.807) is 23.4 Å². The van der Waals surface area contributed by atoms with Crippen LogP contribution >= 0.6 is 0 Å². The molecule has 26 heavy (non-hydrogen) atoms. The largest absolute Gasteiger partial charge is 0.446 e. The zero-order valence-electron chi connectivity index (χ0n) is 14.9. The molecule has 4 saturated carbocycles. The van der Waals surface area contributed by atoms with Crippen LogP contribution in [0.1, 0.15) is 38.5 Å². The third-order valence-electron chi connectivity index (χ3n) is 6.74. The molecule has 4 aliphatic carbocycles. The fourth-order valence-electron chi connectivity index (χ4n) is 5.92. The summed E-state index contributed by atoms with van der Waals surface area (Å²) in [6.45, 7) is 1.31. The van der Waals surface area contributed by atoms with E-state index in [4.69, 9.17) is 4.74 Å². The first kappa shape index (κ1) is 16.3. The molecule has 0 radical (unpaired) electrons. The van der Waals surface area contributed by atoms with Crippen LogP contribution < -0.4 is 5.32 Å². The van der Waals surface area contributed by atoms with E-state index in [0.717, 1.165) is 38.5 Å². The van der Waals surface area contributed by atoms with Crippen molar-refractivity contribution in [3.63, 3.8) is 0 Å². The van der Waals surface area contributed by atoms with Crippen molar-refractivity contribution in [2.45, 2.75) is 56.3 Å². The number of aromatic nitrogens is 2. The first-order valence-corrected chi connectivity index (χ1v) is 9.79. The van der Waals surface area contributed by atoms with Gasteiger partial charge in [0, 0.05) is 31.5 Å². The lowest BCUT2D eigenvalue weighted by molar-refractivity contribution is -0.177. The Hall–Kier alpha value is -1.89. The van der Waals surface area contributed by atoms with Crippen LogP contribution in [0.4, 0.5) is 10.7 Å². The highest BCUT2D eigenvalue weighted by molar-refractivity contribution is 5.68. The number of anilines is 1. The number of carbonyl (C=O) groups excluding carboxylic acids is 1. The van der Waals surface area contributed by atoms with Gasteiger partial charge < -0.3 is 20.1 Å². The predicted molar refractivity (Wildman–Crippen MR) is 94.4 cm³/mol. The molecule has 6 atom stereocenters. The van der Waals surface area contributed by atoms with Crippen molar-refractivity contribution >= 4 is 12.0 Å². The molecule has 6 rings (SSSR count). The third-order valence-corrected chi connectivity index (χ3v) is 6.74. The minimum atomic E-state index is -0.488. The summed E-state index contributed by atoms with van der Waals surface area (Å²) in [5.74, 6) is 1.90. The van der Waals surface area contributed by atoms with Crippen molar-refractivity contribution < 1.29 is 14.6 Å². The van der Waals surface area contributed by atoms with Gasteiger partial charge in [0.05, 0.1) is 5.60 Å². The SMILES string of the molecule is O=C(O[C@@H]1C2CC3C[C@H]1C[C@@](O)(C3)C2)N1CC[C@@H](Nc2ncccn2)C1. The summed E-state index contributed by atoms with van der Waals surface area (Å²) >= 11 is 0. The molecule has 1 saturated heterocycles. The quantitative estimate of drug-likeness (QED) is 0.860. The van der Waals surface area contributed by atoms with Crippen LogP contribution in [-0.2, 0) is 4.74 Å². The molecule has 1 aliphatic heterocycles. The van der Waals surface area contributed by atoms with Crippen LogP contribution in [0.3, 0.4) is 0 Å². The average molecular weight is 358 g/mol. The summed E-state index contributed by atoms with van der Waals surface area (Å²) < 4.78 is 5.97. The van der Waals surface area contributed by atoms with Crippen LogP contribution in [0.5, 0.6) is 0 Å². The van der Waals surface area contributed by atoms with Crippen molar-refractivity contribution in [2.24, 2.45) is 17.8 Å². The zero-order chi connectivity index (χ0) is 17.7. The number of carbonyl (C=O) groups is 1. The summed E-state index contributed by atoms with van der Waals surface area (Å²) in [5.41, 5.74) is -0.488. The fraction of sp³-hybridized carbons (Fsp3) is 0.737. The molecule has 7 heteroatoms. The molecule has 2 heterocycles. The van der Waals surface area contributed by atoms with Gasteiger partial charge in [-0.15, -0.1) is 0 Å². The lowest BCUT2D eigenvalue weighted by Crippen LogP contribution is -2.58. The number of hydrogen-bond donors (Lipinski definition) is 2. The molecule has 140 valence electrons. The van der Waals surface area contributed by atoms with Gasteiger partial charge in [-0.05, 0) is 62.3 Å². The van der Waals surface area contributed by atoms with E-state index in [2.05, 4.69) is 15.3 Å². The highest BCUT2D eigenvalue weighted by Crippen LogP contribution is 2.56. The molecule has 1 amide bonds. The summed E-state index contributed by atoms with van der Waals surface area (Å²) in [7, 11) is 0. The normalized spacial score (nSPS) is 40.7. The second-order valence-corrected chi connectivity index (χ2v) is 8.69. The summed E-state index contributed by atoms with van der Waals surface area (Å²) in [6.07, 6.45) is 8.82. The summed E-state index contributed by atoms with van der Waals surface area (Å²) in [5, 5.41) is 14.0. The second-order valence-electron chi connectivity index (χ2n) is 8.69. The Labute approximate surface area is 153 Å². The standard InChI is InChI=1S/C19H26N4O3/c24-18(23-5-2-15(11-23)22-17-20-3-1-4-21-17)26-16-13-6-12-7-14(16)10-19(25,8-12)9-13/h1,3-4,12-16,25H,2,5-11H2,(H,20,21,22)/t12?,13-,14?,15+,16-,19-/m0/s1. The minimum absolute atomic E-state index is 0.0104. The molecule has 0 spiro atoms. The van der Waals surface area contributed by atoms with E-state index in [0.29, 0.717) is 36.8 Å². The fourth-order valence-corrected chi connectivity index (χ4v) is 5.92. The Morgan fingerprint density at radius 1 is 1.23 bits per heavy atom. The maximum Gasteiger partial charge on any atom is 0.410 e. The molecule has 5 fully saturated rings. The van der Waals surface area contributed by atoms with Crippen molar-refractivity contribution in [1.29, 1.82) is 0 Å². The van der Waals surface area contributed by atoms with Gasteiger partial charge in [0.25, 0.3) is 0 Å². The van der Waals surface area contributed by atoms with Gasteiger partial charge in [-0.1, -0.05) is 0 Å². The van der Waals surface area contributed by atoms with E-state index < -0.39 is 5.60 Å². The number of hydrogen-bond acceptors (Lipinski definition) is 6. The maximum atomic E-state index is 12.7. The number of ether oxygens (including phenoxy) is 1. The van der Waals surface area contributed by atoms with Crippen LogP contribution in [0.15, 0.2) is 18.5 Å². The maximum absolute atomic E-state index is 12.7. The number of amides is 1. The highest BCUT2D eigenvalue weighted by Gasteiger charge is 2.56. The molecule has 2 unspecified atom stereocenters. The Balaban J connectivity index is 1.18. The smallest absolute Gasteiger partial charge is 0.410 e. The van der Waals surface area contributed by atoms with Gasteiger partial charge in [-0.2, -0.15) is 0 Å². The first-order chi connectivity index (χ1) is 12.6. The first-order valence-electron chi connectivity index (χ1n) is 9.79. The number of rotatable bonds is 3. The van der Waals surface area contributed by atoms with E-state index >= 15 is 0 Å². The van der Waals surface area contributed by atoms with Crippen molar-refractivity contribution in [1.82, 2.24) is 14.9 Å². The molecular formula is C19H26N4O3. The molecular weight excluding hydrogens is 332 g/mol. The van der Waals surface area contributed by atoms with Gasteiger partial charge in [0.15, 0.2) is 0 Å². The lowest BCUT2D eigenvalue weighted by atomic mass is 9.53. The predicted octanol–water partition coefficient (Wildman–Crippen LogP) is 2.04. The monoisotopic (exact) mass is 358 g/mol. The van der Waals surface area contributed by atoms with Gasteiger partial charge >= 0.3 is 6.09 Å². The molecule has 5 aliphatic rings. The molecule has 0 aromatic carbocycles. The van der Waals surface area contributed by atoms with Gasteiger partial charge in [0.2, 0.25) is 5.95 Å². The number of nitrogens with zero attached hydrogens (tertiary/aromatic N) is 3. The van der Waals surface area contributed by atoms with Gasteiger partial charge in [-0.25, -0.2) is 14.8 Å². The molecule has 4 bridgehead atoms. The minimum Gasteiger partial charge on any atom is -0.446 e. The van der Waals surface area contributed by atoms with Gasteiger partial charge in [-0.3, -0.25) is 0 Å². The third kappa shape index (κ3) is 2.92. The van der Waals surface area contributed by atoms with E-state index in [-0.39, 0.29) is 18.2 Å². The van der Waals surface area contributed by atoms with Crippen molar-refractivity contribution in [3.05, 3.63) is 18.5 Å². The van der Waals surface area contributed by atoms with Gasteiger partial charge in [0.1, 0.15) is 6.10 Å². The second kappa shape index (κ2) is 6.08. The lowest BCUT2D eigenvalue weighted by Gasteiger charge is -2.57. The number of aliphatic hydroxyl groups is 1. The Kier molecular flexibility index (Phi) is 3.81. The Morgan fingerprint density at radius 3 is 2.65 bits per heavy atom. The molecule has 2 N–H and O–H groups in total.